The van der Waals surface area contributed by atoms with Crippen molar-refractivity contribution in [1.29, 1.82) is 0 Å². The third-order valence-corrected chi connectivity index (χ3v) is 5.81. The van der Waals surface area contributed by atoms with Crippen LogP contribution in [0.2, 0.25) is 0 Å². The van der Waals surface area contributed by atoms with Crippen LogP contribution in [0.5, 0.6) is 11.8 Å². The zero-order chi connectivity index (χ0) is 20.8. The molecule has 2 aromatic carbocycles. The summed E-state index contributed by atoms with van der Waals surface area (Å²) in [5, 5.41) is 21.1. The first kappa shape index (κ1) is 18.4. The smallest absolute Gasteiger partial charge is 0.326 e. The summed E-state index contributed by atoms with van der Waals surface area (Å²) in [7, 11) is 0. The van der Waals surface area contributed by atoms with Gasteiger partial charge in [-0.05, 0) is 49.2 Å². The lowest BCUT2D eigenvalue weighted by molar-refractivity contribution is 0.387. The molecule has 154 valence electrons. The third kappa shape index (κ3) is 2.92. The number of anilines is 1. The summed E-state index contributed by atoms with van der Waals surface area (Å²) in [4.78, 5) is 17.4. The number of fused-ring (bicyclic) bond motifs is 1. The quantitative estimate of drug-likeness (QED) is 0.484. The second-order valence-corrected chi connectivity index (χ2v) is 7.56. The number of imidazole rings is 1. The molecular formula is C22H21FN4O3. The van der Waals surface area contributed by atoms with Crippen molar-refractivity contribution < 1.29 is 14.6 Å². The molecule has 5 rings (SSSR count). The first-order valence-electron chi connectivity index (χ1n) is 9.87. The average molecular weight is 408 g/mol. The SMILES string of the molecule is O=c1[nH]c2ccccc2n1C1CCN(c2cc(O)n(-c3ccc(F)cc3)c2O)CC1. The zero-order valence-corrected chi connectivity index (χ0v) is 16.1. The van der Waals surface area contributed by atoms with Crippen molar-refractivity contribution in [2.75, 3.05) is 18.0 Å². The van der Waals surface area contributed by atoms with Crippen molar-refractivity contribution in [2.45, 2.75) is 18.9 Å². The van der Waals surface area contributed by atoms with Crippen molar-refractivity contribution in [3.05, 3.63) is 70.9 Å². The highest BCUT2D eigenvalue weighted by Crippen LogP contribution is 2.40. The van der Waals surface area contributed by atoms with Gasteiger partial charge in [-0.1, -0.05) is 12.1 Å². The number of nitrogens with zero attached hydrogens (tertiary/aromatic N) is 3. The second kappa shape index (κ2) is 6.98. The number of rotatable bonds is 3. The van der Waals surface area contributed by atoms with Crippen molar-refractivity contribution >= 4 is 16.7 Å². The highest BCUT2D eigenvalue weighted by molar-refractivity contribution is 5.75. The number of para-hydroxylation sites is 2. The topological polar surface area (TPSA) is 86.4 Å². The molecule has 4 aromatic rings. The van der Waals surface area contributed by atoms with E-state index < -0.39 is 0 Å². The minimum absolute atomic E-state index is 0.0554. The van der Waals surface area contributed by atoms with E-state index in [1.54, 1.807) is 0 Å². The number of nitrogens with one attached hydrogen (secondary N) is 1. The Bertz CT molecular complexity index is 1260. The van der Waals surface area contributed by atoms with Gasteiger partial charge >= 0.3 is 5.69 Å². The van der Waals surface area contributed by atoms with E-state index in [9.17, 15) is 19.4 Å². The van der Waals surface area contributed by atoms with Gasteiger partial charge in [-0.15, -0.1) is 0 Å². The normalized spacial score (nSPS) is 15.2. The predicted octanol–water partition coefficient (Wildman–Crippen LogP) is 3.51. The van der Waals surface area contributed by atoms with Crippen LogP contribution in [-0.2, 0) is 0 Å². The van der Waals surface area contributed by atoms with Gasteiger partial charge in [0, 0.05) is 25.2 Å². The summed E-state index contributed by atoms with van der Waals surface area (Å²) >= 11 is 0. The monoisotopic (exact) mass is 408 g/mol. The summed E-state index contributed by atoms with van der Waals surface area (Å²) in [6.45, 7) is 1.24. The van der Waals surface area contributed by atoms with Gasteiger partial charge in [-0.2, -0.15) is 0 Å². The summed E-state index contributed by atoms with van der Waals surface area (Å²) < 4.78 is 16.3. The first-order valence-corrected chi connectivity index (χ1v) is 9.87. The van der Waals surface area contributed by atoms with E-state index >= 15 is 0 Å². The molecule has 2 aromatic heterocycles. The average Bonchev–Trinajstić information content (AvgIpc) is 3.24. The van der Waals surface area contributed by atoms with Gasteiger partial charge in [0.05, 0.1) is 16.7 Å². The molecule has 1 fully saturated rings. The number of aromatic hydroxyl groups is 2. The fourth-order valence-corrected chi connectivity index (χ4v) is 4.35. The maximum absolute atomic E-state index is 13.2. The molecular weight excluding hydrogens is 387 g/mol. The molecule has 7 nitrogen and oxygen atoms in total. The summed E-state index contributed by atoms with van der Waals surface area (Å²) in [5.74, 6) is -0.606. The lowest BCUT2D eigenvalue weighted by Crippen LogP contribution is -2.36. The fourth-order valence-electron chi connectivity index (χ4n) is 4.35. The first-order chi connectivity index (χ1) is 14.5. The lowest BCUT2D eigenvalue weighted by atomic mass is 10.0. The van der Waals surface area contributed by atoms with Gasteiger partial charge in [-0.25, -0.2) is 13.8 Å². The molecule has 3 heterocycles. The van der Waals surface area contributed by atoms with E-state index in [1.807, 2.05) is 33.7 Å². The Kier molecular flexibility index (Phi) is 4.27. The van der Waals surface area contributed by atoms with Crippen molar-refractivity contribution in [3.8, 4) is 17.4 Å². The van der Waals surface area contributed by atoms with Crippen LogP contribution in [0.1, 0.15) is 18.9 Å². The molecule has 0 aliphatic carbocycles. The highest BCUT2D eigenvalue weighted by atomic mass is 19.1. The maximum atomic E-state index is 13.2. The molecule has 1 saturated heterocycles. The van der Waals surface area contributed by atoms with E-state index in [2.05, 4.69) is 4.98 Å². The van der Waals surface area contributed by atoms with Gasteiger partial charge in [0.1, 0.15) is 11.5 Å². The number of benzene rings is 2. The fraction of sp³-hybridized carbons (Fsp3) is 0.227. The maximum Gasteiger partial charge on any atom is 0.326 e. The Morgan fingerprint density at radius 3 is 2.43 bits per heavy atom. The lowest BCUT2D eigenvalue weighted by Gasteiger charge is -2.33. The van der Waals surface area contributed by atoms with E-state index in [-0.39, 0.29) is 29.3 Å². The third-order valence-electron chi connectivity index (χ3n) is 5.81. The van der Waals surface area contributed by atoms with Crippen LogP contribution >= 0.6 is 0 Å². The number of hydrogen-bond donors (Lipinski definition) is 3. The van der Waals surface area contributed by atoms with Crippen LogP contribution < -0.4 is 10.6 Å². The standard InChI is InChI=1S/C22H21FN4O3/c23-14-5-7-15(8-6-14)27-20(28)13-19(21(27)29)25-11-9-16(10-12-25)26-18-4-2-1-3-17(18)24-22(26)30/h1-8,13,16,28-29H,9-12H2,(H,24,30). The zero-order valence-electron chi connectivity index (χ0n) is 16.1. The van der Waals surface area contributed by atoms with Crippen LogP contribution in [0.15, 0.2) is 59.4 Å². The summed E-state index contributed by atoms with van der Waals surface area (Å²) in [6, 6.07) is 14.7. The van der Waals surface area contributed by atoms with Crippen LogP contribution in [-0.4, -0.2) is 37.4 Å². The van der Waals surface area contributed by atoms with Crippen LogP contribution in [0.4, 0.5) is 10.1 Å². The van der Waals surface area contributed by atoms with E-state index in [0.29, 0.717) is 24.5 Å². The van der Waals surface area contributed by atoms with Crippen LogP contribution in [0.25, 0.3) is 16.7 Å². The molecule has 0 atom stereocenters. The largest absolute Gasteiger partial charge is 0.494 e. The molecule has 30 heavy (non-hydrogen) atoms. The molecule has 0 bridgehead atoms. The van der Waals surface area contributed by atoms with E-state index in [1.165, 1.54) is 34.9 Å². The molecule has 0 unspecified atom stereocenters. The van der Waals surface area contributed by atoms with Gasteiger partial charge < -0.3 is 20.1 Å². The van der Waals surface area contributed by atoms with E-state index in [4.69, 9.17) is 0 Å². The molecule has 1 aliphatic heterocycles. The Morgan fingerprint density at radius 1 is 1.00 bits per heavy atom. The predicted molar refractivity (Wildman–Crippen MR) is 112 cm³/mol. The number of piperidine rings is 1. The van der Waals surface area contributed by atoms with Gasteiger partial charge in [0.15, 0.2) is 0 Å². The highest BCUT2D eigenvalue weighted by Gasteiger charge is 2.27. The van der Waals surface area contributed by atoms with Crippen LogP contribution in [0.3, 0.4) is 0 Å². The molecule has 1 aliphatic rings. The number of hydrogen-bond acceptors (Lipinski definition) is 4. The minimum atomic E-state index is -0.389. The Labute approximate surface area is 171 Å². The minimum Gasteiger partial charge on any atom is -0.494 e. The van der Waals surface area contributed by atoms with Gasteiger partial charge in [0.25, 0.3) is 0 Å². The molecule has 0 radical (unpaired) electrons. The number of aromatic amines is 1. The second-order valence-electron chi connectivity index (χ2n) is 7.56. The number of aromatic nitrogens is 3. The molecule has 0 amide bonds. The summed E-state index contributed by atoms with van der Waals surface area (Å²) in [6.07, 6.45) is 1.45. The van der Waals surface area contributed by atoms with Crippen LogP contribution in [0, 0.1) is 5.82 Å². The Hall–Kier alpha value is -3.68. The van der Waals surface area contributed by atoms with E-state index in [0.717, 1.165) is 23.9 Å². The Morgan fingerprint density at radius 2 is 1.70 bits per heavy atom. The Balaban J connectivity index is 1.40. The van der Waals surface area contributed by atoms with Crippen molar-refractivity contribution in [3.63, 3.8) is 0 Å². The molecule has 3 N–H and O–H groups in total. The van der Waals surface area contributed by atoms with Gasteiger partial charge in [0.2, 0.25) is 11.8 Å². The number of H-pyrrole nitrogens is 1. The molecule has 0 saturated carbocycles. The number of halogens is 1. The van der Waals surface area contributed by atoms with Crippen molar-refractivity contribution in [1.82, 2.24) is 14.1 Å². The molecule has 0 spiro atoms. The van der Waals surface area contributed by atoms with Crippen molar-refractivity contribution in [2.24, 2.45) is 0 Å². The summed E-state index contributed by atoms with van der Waals surface area (Å²) in [5.41, 5.74) is 2.59. The van der Waals surface area contributed by atoms with Gasteiger partial charge in [-0.3, -0.25) is 4.57 Å². The molecule has 8 heteroatoms.